The molecule has 5 heteroatoms. The molecular weight excluding hydrogens is 160 g/mol. The van der Waals surface area contributed by atoms with E-state index in [0.29, 0.717) is 13.0 Å². The van der Waals surface area contributed by atoms with Gasteiger partial charge in [0.2, 0.25) is 5.91 Å². The number of aliphatic carboxylic acids is 1. The first kappa shape index (κ1) is 8.99. The van der Waals surface area contributed by atoms with Gasteiger partial charge in [0.25, 0.3) is 0 Å². The van der Waals surface area contributed by atoms with Gasteiger partial charge in [-0.25, -0.2) is 0 Å². The van der Waals surface area contributed by atoms with Gasteiger partial charge in [0.15, 0.2) is 0 Å². The zero-order valence-corrected chi connectivity index (χ0v) is 6.62. The van der Waals surface area contributed by atoms with Crippen molar-refractivity contribution in [2.24, 2.45) is 11.7 Å². The molecule has 1 fully saturated rings. The fourth-order valence-electron chi connectivity index (χ4n) is 1.28. The number of amides is 1. The second kappa shape index (κ2) is 3.53. The van der Waals surface area contributed by atoms with Crippen LogP contribution in [0.5, 0.6) is 0 Å². The second-order valence-corrected chi connectivity index (χ2v) is 2.96. The molecule has 2 unspecified atom stereocenters. The maximum Gasteiger partial charge on any atom is 0.320 e. The Balaban J connectivity index is 2.40. The number of hydrogen-bond acceptors (Lipinski definition) is 3. The van der Waals surface area contributed by atoms with Crippen LogP contribution in [0.15, 0.2) is 0 Å². The molecule has 1 saturated heterocycles. The number of carboxylic acids is 1. The highest BCUT2D eigenvalue weighted by Crippen LogP contribution is 2.14. The van der Waals surface area contributed by atoms with Crippen molar-refractivity contribution in [2.45, 2.75) is 18.9 Å². The summed E-state index contributed by atoms with van der Waals surface area (Å²) in [6.45, 7) is 0.635. The number of carbonyl (C=O) groups excluding carboxylic acids is 1. The third-order valence-corrected chi connectivity index (χ3v) is 2.02. The van der Waals surface area contributed by atoms with E-state index in [1.54, 1.807) is 0 Å². The fourth-order valence-corrected chi connectivity index (χ4v) is 1.28. The molecule has 1 aliphatic heterocycles. The minimum absolute atomic E-state index is 0.0771. The van der Waals surface area contributed by atoms with Gasteiger partial charge in [-0.05, 0) is 12.8 Å². The standard InChI is InChI=1S/C7H12N2O3/c8-5(7(11)12)3-4-1-2-9-6(4)10/h4-5H,1-3,8H2,(H,9,10)(H,11,12). The van der Waals surface area contributed by atoms with Gasteiger partial charge in [-0.15, -0.1) is 0 Å². The number of nitrogens with two attached hydrogens (primary N) is 1. The van der Waals surface area contributed by atoms with Crippen molar-refractivity contribution in [3.8, 4) is 0 Å². The van der Waals surface area contributed by atoms with Gasteiger partial charge in [0.05, 0.1) is 0 Å². The fraction of sp³-hybridized carbons (Fsp3) is 0.714. The summed E-state index contributed by atoms with van der Waals surface area (Å²) in [6, 6.07) is -0.918. The zero-order valence-electron chi connectivity index (χ0n) is 6.62. The first-order valence-electron chi connectivity index (χ1n) is 3.87. The van der Waals surface area contributed by atoms with E-state index in [1.165, 1.54) is 0 Å². The summed E-state index contributed by atoms with van der Waals surface area (Å²) < 4.78 is 0. The number of hydrogen-bond donors (Lipinski definition) is 3. The van der Waals surface area contributed by atoms with Crippen LogP contribution in [0.4, 0.5) is 0 Å². The molecule has 1 aliphatic rings. The van der Waals surface area contributed by atoms with Crippen LogP contribution in [-0.4, -0.2) is 29.6 Å². The molecule has 1 amide bonds. The van der Waals surface area contributed by atoms with Gasteiger partial charge in [-0.2, -0.15) is 0 Å². The smallest absolute Gasteiger partial charge is 0.320 e. The maximum atomic E-state index is 11.0. The monoisotopic (exact) mass is 172 g/mol. The van der Waals surface area contributed by atoms with E-state index >= 15 is 0 Å². The third kappa shape index (κ3) is 1.94. The summed E-state index contributed by atoms with van der Waals surface area (Å²) in [7, 11) is 0. The lowest BCUT2D eigenvalue weighted by Gasteiger charge is -2.09. The van der Waals surface area contributed by atoms with E-state index in [-0.39, 0.29) is 18.2 Å². The van der Waals surface area contributed by atoms with Crippen LogP contribution in [0.3, 0.4) is 0 Å². The Kier molecular flexibility index (Phi) is 2.65. The Hall–Kier alpha value is -1.10. The van der Waals surface area contributed by atoms with Crippen molar-refractivity contribution < 1.29 is 14.7 Å². The van der Waals surface area contributed by atoms with Crippen LogP contribution in [0.2, 0.25) is 0 Å². The van der Waals surface area contributed by atoms with Crippen molar-refractivity contribution in [3.05, 3.63) is 0 Å². The van der Waals surface area contributed by atoms with E-state index in [2.05, 4.69) is 5.32 Å². The highest BCUT2D eigenvalue weighted by molar-refractivity contribution is 5.82. The number of carboxylic acid groups (broad SMARTS) is 1. The SMILES string of the molecule is NC(CC1CCNC1=O)C(=O)O. The quantitative estimate of drug-likeness (QED) is 0.505. The van der Waals surface area contributed by atoms with Gasteiger partial charge < -0.3 is 16.2 Å². The van der Waals surface area contributed by atoms with Crippen LogP contribution in [0.25, 0.3) is 0 Å². The average molecular weight is 172 g/mol. The van der Waals surface area contributed by atoms with Crippen LogP contribution >= 0.6 is 0 Å². The van der Waals surface area contributed by atoms with E-state index < -0.39 is 12.0 Å². The topological polar surface area (TPSA) is 92.4 Å². The molecule has 0 aromatic rings. The molecule has 4 N–H and O–H groups in total. The molecule has 1 rings (SSSR count). The van der Waals surface area contributed by atoms with E-state index in [0.717, 1.165) is 0 Å². The minimum Gasteiger partial charge on any atom is -0.480 e. The average Bonchev–Trinajstić information content (AvgIpc) is 2.36. The first-order valence-corrected chi connectivity index (χ1v) is 3.87. The summed E-state index contributed by atoms with van der Waals surface area (Å²) in [6.07, 6.45) is 0.932. The molecule has 0 saturated carbocycles. The molecule has 0 spiro atoms. The summed E-state index contributed by atoms with van der Waals surface area (Å²) in [5.41, 5.74) is 5.28. The van der Waals surface area contributed by atoms with Crippen LogP contribution in [0, 0.1) is 5.92 Å². The largest absolute Gasteiger partial charge is 0.480 e. The Morgan fingerprint density at radius 2 is 2.50 bits per heavy atom. The molecule has 0 aromatic heterocycles. The Labute approximate surface area is 69.9 Å². The zero-order chi connectivity index (χ0) is 9.14. The minimum atomic E-state index is -1.05. The molecule has 2 atom stereocenters. The van der Waals surface area contributed by atoms with Crippen molar-refractivity contribution in [3.63, 3.8) is 0 Å². The van der Waals surface area contributed by atoms with Crippen molar-refractivity contribution in [1.29, 1.82) is 0 Å². The van der Waals surface area contributed by atoms with Crippen molar-refractivity contribution in [1.82, 2.24) is 5.32 Å². The molecule has 0 aliphatic carbocycles. The summed E-state index contributed by atoms with van der Waals surface area (Å²) >= 11 is 0. The molecule has 12 heavy (non-hydrogen) atoms. The van der Waals surface area contributed by atoms with Crippen LogP contribution in [0.1, 0.15) is 12.8 Å². The second-order valence-electron chi connectivity index (χ2n) is 2.96. The third-order valence-electron chi connectivity index (χ3n) is 2.02. The predicted octanol–water partition coefficient (Wildman–Crippen LogP) is -1.08. The Morgan fingerprint density at radius 3 is 2.92 bits per heavy atom. The van der Waals surface area contributed by atoms with Gasteiger partial charge >= 0.3 is 5.97 Å². The molecule has 5 nitrogen and oxygen atoms in total. The number of carbonyl (C=O) groups is 2. The highest BCUT2D eigenvalue weighted by Gasteiger charge is 2.28. The van der Waals surface area contributed by atoms with E-state index in [1.807, 2.05) is 0 Å². The summed E-state index contributed by atoms with van der Waals surface area (Å²) in [5, 5.41) is 11.1. The molecular formula is C7H12N2O3. The Morgan fingerprint density at radius 1 is 1.83 bits per heavy atom. The highest BCUT2D eigenvalue weighted by atomic mass is 16.4. The molecule has 0 aromatic carbocycles. The van der Waals surface area contributed by atoms with Crippen LogP contribution < -0.4 is 11.1 Å². The molecule has 68 valence electrons. The van der Waals surface area contributed by atoms with Crippen LogP contribution in [-0.2, 0) is 9.59 Å². The maximum absolute atomic E-state index is 11.0. The number of nitrogens with one attached hydrogen (secondary N) is 1. The normalized spacial score (nSPS) is 25.1. The van der Waals surface area contributed by atoms with E-state index in [4.69, 9.17) is 10.8 Å². The molecule has 1 heterocycles. The lowest BCUT2D eigenvalue weighted by Crippen LogP contribution is -2.34. The van der Waals surface area contributed by atoms with Gasteiger partial charge in [-0.1, -0.05) is 0 Å². The lowest BCUT2D eigenvalue weighted by molar-refractivity contribution is -0.139. The van der Waals surface area contributed by atoms with Crippen molar-refractivity contribution in [2.75, 3.05) is 6.54 Å². The lowest BCUT2D eigenvalue weighted by atomic mass is 9.99. The predicted molar refractivity (Wildman–Crippen MR) is 41.3 cm³/mol. The Bertz CT molecular complexity index is 205. The molecule has 0 radical (unpaired) electrons. The van der Waals surface area contributed by atoms with E-state index in [9.17, 15) is 9.59 Å². The van der Waals surface area contributed by atoms with Gasteiger partial charge in [0.1, 0.15) is 6.04 Å². The molecule has 0 bridgehead atoms. The summed E-state index contributed by atoms with van der Waals surface area (Å²) in [4.78, 5) is 21.3. The first-order chi connectivity index (χ1) is 5.61. The van der Waals surface area contributed by atoms with Gasteiger partial charge in [0, 0.05) is 12.5 Å². The number of rotatable bonds is 3. The van der Waals surface area contributed by atoms with Crippen molar-refractivity contribution >= 4 is 11.9 Å². The summed E-state index contributed by atoms with van der Waals surface area (Å²) in [5.74, 6) is -1.34. The van der Waals surface area contributed by atoms with Gasteiger partial charge in [-0.3, -0.25) is 9.59 Å².